The molecule has 26 heavy (non-hydrogen) atoms. The number of aromatic hydroxyl groups is 1. The molecule has 0 aliphatic heterocycles. The Bertz CT molecular complexity index is 1150. The largest absolute Gasteiger partial charge is 0.505 e. The number of carbonyl (C=O) groups is 2. The van der Waals surface area contributed by atoms with Gasteiger partial charge in [-0.15, -0.1) is 0 Å². The number of carboxylic acids is 1. The summed E-state index contributed by atoms with van der Waals surface area (Å²) in [5, 5.41) is 21.8. The molecule has 3 aromatic rings. The SMILES string of the molecule is [2H]Cc1nc(C(=O)NCC(=O)O)c(O)c2ccc(Oc3c([2H])cc([2H])cc3[2H])cc12. The van der Waals surface area contributed by atoms with Gasteiger partial charge in [-0.2, -0.15) is 0 Å². The molecule has 0 fully saturated rings. The molecule has 0 radical (unpaired) electrons. The Hall–Kier alpha value is -3.61. The number of aryl methyl sites for hydroxylation is 1. The van der Waals surface area contributed by atoms with Gasteiger partial charge in [0.25, 0.3) is 5.91 Å². The molecule has 7 heteroatoms. The average Bonchev–Trinajstić information content (AvgIpc) is 2.69. The van der Waals surface area contributed by atoms with Crippen molar-refractivity contribution < 1.29 is 30.0 Å². The maximum absolute atomic E-state index is 12.2. The van der Waals surface area contributed by atoms with Crippen LogP contribution in [0.5, 0.6) is 17.2 Å². The smallest absolute Gasteiger partial charge is 0.322 e. The molecule has 1 heterocycles. The van der Waals surface area contributed by atoms with Gasteiger partial charge in [0.1, 0.15) is 18.0 Å². The molecular formula is C19H16N2O5. The van der Waals surface area contributed by atoms with Gasteiger partial charge < -0.3 is 20.3 Å². The number of nitrogens with one attached hydrogen (secondary N) is 1. The molecule has 1 aromatic heterocycles. The van der Waals surface area contributed by atoms with Crippen LogP contribution in [0.3, 0.4) is 0 Å². The molecule has 0 spiro atoms. The van der Waals surface area contributed by atoms with Gasteiger partial charge in [0, 0.05) is 17.8 Å². The van der Waals surface area contributed by atoms with E-state index >= 15 is 0 Å². The first-order chi connectivity index (χ1) is 14.2. The molecule has 0 atom stereocenters. The number of aliphatic carboxylic acids is 1. The van der Waals surface area contributed by atoms with E-state index in [1.807, 2.05) is 0 Å². The second-order valence-corrected chi connectivity index (χ2v) is 5.21. The summed E-state index contributed by atoms with van der Waals surface area (Å²) in [7, 11) is 0. The van der Waals surface area contributed by atoms with E-state index in [1.165, 1.54) is 30.3 Å². The van der Waals surface area contributed by atoms with Crippen molar-refractivity contribution in [3.8, 4) is 17.2 Å². The lowest BCUT2D eigenvalue weighted by Gasteiger charge is -2.12. The van der Waals surface area contributed by atoms with Crippen molar-refractivity contribution in [2.45, 2.75) is 6.90 Å². The Morgan fingerprint density at radius 2 is 2.04 bits per heavy atom. The van der Waals surface area contributed by atoms with Crippen LogP contribution < -0.4 is 10.1 Å². The number of aromatic nitrogens is 1. The minimum absolute atomic E-state index is 0.00943. The fourth-order valence-corrected chi connectivity index (χ4v) is 2.28. The highest BCUT2D eigenvalue weighted by Gasteiger charge is 2.18. The van der Waals surface area contributed by atoms with E-state index in [-0.39, 0.29) is 47.6 Å². The van der Waals surface area contributed by atoms with Gasteiger partial charge in [-0.05, 0) is 37.2 Å². The van der Waals surface area contributed by atoms with Gasteiger partial charge in [-0.1, -0.05) is 18.2 Å². The maximum Gasteiger partial charge on any atom is 0.322 e. The second kappa shape index (κ2) is 7.10. The van der Waals surface area contributed by atoms with Crippen LogP contribution >= 0.6 is 0 Å². The summed E-state index contributed by atoms with van der Waals surface area (Å²) in [6, 6.07) is 6.54. The molecule has 7 nitrogen and oxygen atoms in total. The Labute approximate surface area is 154 Å². The molecule has 3 N–H and O–H groups in total. The summed E-state index contributed by atoms with van der Waals surface area (Å²) in [5.74, 6) is -2.47. The van der Waals surface area contributed by atoms with Crippen molar-refractivity contribution in [1.82, 2.24) is 10.3 Å². The number of carbonyl (C=O) groups excluding carboxylic acids is 1. The first-order valence-electron chi connectivity index (χ1n) is 9.62. The summed E-state index contributed by atoms with van der Waals surface area (Å²) in [4.78, 5) is 26.8. The number of carboxylic acid groups (broad SMARTS) is 1. The number of amides is 1. The molecule has 0 aliphatic rings. The van der Waals surface area contributed by atoms with Crippen molar-refractivity contribution in [1.29, 1.82) is 0 Å². The quantitative estimate of drug-likeness (QED) is 0.649. The molecule has 3 rings (SSSR count). The molecule has 2 aromatic carbocycles. The maximum atomic E-state index is 12.2. The molecule has 0 saturated heterocycles. The zero-order valence-electron chi connectivity index (χ0n) is 17.4. The Balaban J connectivity index is 2.04. The molecule has 1 amide bonds. The van der Waals surface area contributed by atoms with E-state index in [9.17, 15) is 14.7 Å². The van der Waals surface area contributed by atoms with E-state index in [0.717, 1.165) is 0 Å². The highest BCUT2D eigenvalue weighted by Crippen LogP contribution is 2.33. The second-order valence-electron chi connectivity index (χ2n) is 5.21. The minimum Gasteiger partial charge on any atom is -0.505 e. The summed E-state index contributed by atoms with van der Waals surface area (Å²) < 4.78 is 36.6. The van der Waals surface area contributed by atoms with Gasteiger partial charge >= 0.3 is 5.97 Å². The summed E-state index contributed by atoms with van der Waals surface area (Å²) in [5.41, 5.74) is -0.250. The fraction of sp³-hybridized carbons (Fsp3) is 0.105. The number of para-hydroxylation sites is 1. The van der Waals surface area contributed by atoms with Crippen molar-refractivity contribution >= 4 is 22.6 Å². The number of rotatable bonds is 5. The molecule has 132 valence electrons. The highest BCUT2D eigenvalue weighted by molar-refractivity contribution is 6.03. The van der Waals surface area contributed by atoms with Gasteiger partial charge in [0.2, 0.25) is 0 Å². The van der Waals surface area contributed by atoms with Gasteiger partial charge in [0.15, 0.2) is 11.4 Å². The number of fused-ring (bicyclic) bond motifs is 1. The van der Waals surface area contributed by atoms with E-state index in [4.69, 9.17) is 15.3 Å². The van der Waals surface area contributed by atoms with Crippen LogP contribution in [-0.2, 0) is 4.79 Å². The van der Waals surface area contributed by atoms with Crippen LogP contribution in [0.25, 0.3) is 10.8 Å². The van der Waals surface area contributed by atoms with E-state index < -0.39 is 29.9 Å². The number of nitrogens with zero attached hydrogens (tertiary/aromatic N) is 1. The lowest BCUT2D eigenvalue weighted by molar-refractivity contribution is -0.135. The number of benzene rings is 2. The van der Waals surface area contributed by atoms with Crippen LogP contribution in [0, 0.1) is 6.90 Å². The number of ether oxygens (including phenoxy) is 1. The zero-order valence-corrected chi connectivity index (χ0v) is 13.4. The summed E-state index contributed by atoms with van der Waals surface area (Å²) in [6.07, 6.45) is 0. The summed E-state index contributed by atoms with van der Waals surface area (Å²) >= 11 is 0. The number of hydrogen-bond donors (Lipinski definition) is 3. The number of pyridine rings is 1. The third-order valence-corrected chi connectivity index (χ3v) is 3.44. The lowest BCUT2D eigenvalue weighted by Crippen LogP contribution is -2.30. The third-order valence-electron chi connectivity index (χ3n) is 3.44. The predicted molar refractivity (Wildman–Crippen MR) is 94.6 cm³/mol. The van der Waals surface area contributed by atoms with Crippen LogP contribution in [0.2, 0.25) is 0 Å². The van der Waals surface area contributed by atoms with Crippen molar-refractivity contribution in [2.75, 3.05) is 6.54 Å². The Kier molecular flexibility index (Phi) is 3.47. The minimum atomic E-state index is -1.26. The molecular weight excluding hydrogens is 336 g/mol. The van der Waals surface area contributed by atoms with Crippen LogP contribution in [0.15, 0.2) is 48.5 Å². The van der Waals surface area contributed by atoms with Gasteiger partial charge in [-0.3, -0.25) is 9.59 Å². The molecule has 0 saturated carbocycles. The van der Waals surface area contributed by atoms with E-state index in [0.29, 0.717) is 5.39 Å². The standard InChI is InChI=1S/C19H16N2O5/c1-11-15-9-13(26-12-5-3-2-4-6-12)7-8-14(15)18(24)17(21-11)19(25)20-10-16(22)23/h2-9,24H,10H2,1H3,(H,20,25)(H,22,23)/i1D,2D,5D,6D. The van der Waals surface area contributed by atoms with Crippen LogP contribution in [0.4, 0.5) is 0 Å². The van der Waals surface area contributed by atoms with E-state index in [2.05, 4.69) is 10.3 Å². The molecule has 0 unspecified atom stereocenters. The van der Waals surface area contributed by atoms with Crippen molar-refractivity contribution in [3.63, 3.8) is 0 Å². The first kappa shape index (κ1) is 12.7. The zero-order chi connectivity index (χ0) is 22.0. The van der Waals surface area contributed by atoms with E-state index in [1.54, 1.807) is 0 Å². The molecule has 0 aliphatic carbocycles. The Morgan fingerprint density at radius 3 is 2.73 bits per heavy atom. The predicted octanol–water partition coefficient (Wildman–Crippen LogP) is 2.86. The molecule has 0 bridgehead atoms. The topological polar surface area (TPSA) is 109 Å². The first-order valence-corrected chi connectivity index (χ1v) is 7.41. The number of hydrogen-bond acceptors (Lipinski definition) is 5. The van der Waals surface area contributed by atoms with Crippen molar-refractivity contribution in [3.05, 3.63) is 59.8 Å². The average molecular weight is 356 g/mol. The Morgan fingerprint density at radius 1 is 1.27 bits per heavy atom. The summed E-state index contributed by atoms with van der Waals surface area (Å²) in [6.45, 7) is -0.983. The third kappa shape index (κ3) is 3.56. The lowest BCUT2D eigenvalue weighted by atomic mass is 10.1. The van der Waals surface area contributed by atoms with Gasteiger partial charge in [-0.25, -0.2) is 4.98 Å². The fourth-order valence-electron chi connectivity index (χ4n) is 2.28. The van der Waals surface area contributed by atoms with Crippen LogP contribution in [0.1, 0.15) is 21.7 Å². The monoisotopic (exact) mass is 356 g/mol. The normalized spacial score (nSPS) is 12.6. The van der Waals surface area contributed by atoms with Crippen LogP contribution in [-0.4, -0.2) is 33.6 Å². The van der Waals surface area contributed by atoms with Crippen molar-refractivity contribution in [2.24, 2.45) is 0 Å². The highest BCUT2D eigenvalue weighted by atomic mass is 16.5. The van der Waals surface area contributed by atoms with Gasteiger partial charge in [0.05, 0.1) is 4.11 Å².